The molecule has 0 spiro atoms. The van der Waals surface area contributed by atoms with Gasteiger partial charge in [-0.15, -0.1) is 0 Å². The number of amides is 2. The van der Waals surface area contributed by atoms with E-state index in [1.807, 2.05) is 42.5 Å². The van der Waals surface area contributed by atoms with E-state index >= 15 is 0 Å². The third kappa shape index (κ3) is 3.77. The zero-order chi connectivity index (χ0) is 17.6. The van der Waals surface area contributed by atoms with Crippen molar-refractivity contribution in [1.29, 1.82) is 0 Å². The number of anilines is 1. The van der Waals surface area contributed by atoms with Crippen LogP contribution in [0.25, 0.3) is 10.8 Å². The smallest absolute Gasteiger partial charge is 0.339 e. The lowest BCUT2D eigenvalue weighted by Crippen LogP contribution is -2.29. The lowest BCUT2D eigenvalue weighted by molar-refractivity contribution is 0.0602. The first-order valence-corrected chi connectivity index (χ1v) is 7.88. The number of hydrogen-bond donors (Lipinski definition) is 2. The van der Waals surface area contributed by atoms with Crippen LogP contribution in [0.3, 0.4) is 0 Å². The minimum absolute atomic E-state index is 0.310. The van der Waals surface area contributed by atoms with Crippen LogP contribution in [0.4, 0.5) is 10.5 Å². The number of carbonyl (C=O) groups is 2. The molecule has 2 amide bonds. The van der Waals surface area contributed by atoms with E-state index in [4.69, 9.17) is 4.74 Å². The first kappa shape index (κ1) is 16.5. The quantitative estimate of drug-likeness (QED) is 0.710. The molecule has 0 saturated carbocycles. The molecule has 5 nitrogen and oxygen atoms in total. The van der Waals surface area contributed by atoms with E-state index in [9.17, 15) is 9.59 Å². The van der Waals surface area contributed by atoms with Crippen molar-refractivity contribution >= 4 is 28.5 Å². The van der Waals surface area contributed by atoms with E-state index in [0.29, 0.717) is 17.8 Å². The molecule has 0 heterocycles. The molecule has 0 unspecified atom stereocenters. The first-order chi connectivity index (χ1) is 12.2. The molecule has 0 aliphatic carbocycles. The van der Waals surface area contributed by atoms with E-state index < -0.39 is 5.97 Å². The van der Waals surface area contributed by atoms with Gasteiger partial charge in [0.05, 0.1) is 18.4 Å². The molecule has 126 valence electrons. The second kappa shape index (κ2) is 7.49. The van der Waals surface area contributed by atoms with Gasteiger partial charge < -0.3 is 15.4 Å². The van der Waals surface area contributed by atoms with Crippen molar-refractivity contribution < 1.29 is 14.3 Å². The number of ether oxygens (including phenoxy) is 1. The molecule has 0 aliphatic heterocycles. The summed E-state index contributed by atoms with van der Waals surface area (Å²) < 4.78 is 4.73. The van der Waals surface area contributed by atoms with Gasteiger partial charge >= 0.3 is 12.0 Å². The standard InChI is InChI=1S/C20H18N2O3/c1-25-19(23)17-11-4-5-12-18(17)22-20(24)21-13-15-9-6-8-14-7-2-3-10-16(14)15/h2-12H,13H2,1H3,(H2,21,22,24). The van der Waals surface area contributed by atoms with Crippen molar-refractivity contribution in [3.8, 4) is 0 Å². The summed E-state index contributed by atoms with van der Waals surface area (Å²) in [5, 5.41) is 7.74. The number of para-hydroxylation sites is 1. The summed E-state index contributed by atoms with van der Waals surface area (Å²) in [6, 6.07) is 20.3. The van der Waals surface area contributed by atoms with Gasteiger partial charge in [-0.1, -0.05) is 54.6 Å². The molecule has 0 aliphatic rings. The second-order valence-electron chi connectivity index (χ2n) is 5.48. The summed E-state index contributed by atoms with van der Waals surface area (Å²) in [4.78, 5) is 24.0. The molecule has 5 heteroatoms. The molecule has 0 fully saturated rings. The van der Waals surface area contributed by atoms with Crippen LogP contribution in [0.2, 0.25) is 0 Å². The fourth-order valence-corrected chi connectivity index (χ4v) is 2.67. The van der Waals surface area contributed by atoms with Gasteiger partial charge in [0.15, 0.2) is 0 Å². The normalized spacial score (nSPS) is 10.3. The Bertz CT molecular complexity index is 916. The third-order valence-electron chi connectivity index (χ3n) is 3.90. The number of fused-ring (bicyclic) bond motifs is 1. The Balaban J connectivity index is 1.71. The van der Waals surface area contributed by atoms with E-state index in [0.717, 1.165) is 16.3 Å². The predicted octanol–water partition coefficient (Wildman–Crippen LogP) is 3.95. The molecule has 3 aromatic rings. The summed E-state index contributed by atoms with van der Waals surface area (Å²) >= 11 is 0. The number of esters is 1. The summed E-state index contributed by atoms with van der Waals surface area (Å²) in [6.07, 6.45) is 0. The van der Waals surface area contributed by atoms with Crippen LogP contribution < -0.4 is 10.6 Å². The number of hydrogen-bond acceptors (Lipinski definition) is 3. The van der Waals surface area contributed by atoms with Crippen molar-refractivity contribution in [2.24, 2.45) is 0 Å². The van der Waals surface area contributed by atoms with Crippen LogP contribution in [-0.4, -0.2) is 19.1 Å². The third-order valence-corrected chi connectivity index (χ3v) is 3.90. The molecule has 0 bridgehead atoms. The molecule has 0 radical (unpaired) electrons. The lowest BCUT2D eigenvalue weighted by atomic mass is 10.0. The molecular formula is C20H18N2O3. The maximum Gasteiger partial charge on any atom is 0.339 e. The number of urea groups is 1. The maximum atomic E-state index is 12.2. The molecule has 0 aromatic heterocycles. The highest BCUT2D eigenvalue weighted by Gasteiger charge is 2.13. The maximum absolute atomic E-state index is 12.2. The zero-order valence-electron chi connectivity index (χ0n) is 13.8. The topological polar surface area (TPSA) is 67.4 Å². The first-order valence-electron chi connectivity index (χ1n) is 7.88. The molecule has 3 rings (SSSR count). The average molecular weight is 334 g/mol. The largest absolute Gasteiger partial charge is 0.465 e. The number of methoxy groups -OCH3 is 1. The minimum Gasteiger partial charge on any atom is -0.465 e. The van der Waals surface area contributed by atoms with Crippen molar-refractivity contribution in [2.45, 2.75) is 6.54 Å². The zero-order valence-corrected chi connectivity index (χ0v) is 13.8. The number of benzene rings is 3. The van der Waals surface area contributed by atoms with Crippen molar-refractivity contribution in [3.63, 3.8) is 0 Å². The Morgan fingerprint density at radius 2 is 1.64 bits per heavy atom. The van der Waals surface area contributed by atoms with Gasteiger partial charge in [0, 0.05) is 6.54 Å². The molecule has 25 heavy (non-hydrogen) atoms. The second-order valence-corrected chi connectivity index (χ2v) is 5.48. The van der Waals surface area contributed by atoms with Gasteiger partial charge in [0.1, 0.15) is 0 Å². The van der Waals surface area contributed by atoms with Crippen LogP contribution in [0.1, 0.15) is 15.9 Å². The average Bonchev–Trinajstić information content (AvgIpc) is 2.66. The predicted molar refractivity (Wildman–Crippen MR) is 97.6 cm³/mol. The van der Waals surface area contributed by atoms with Gasteiger partial charge in [-0.2, -0.15) is 0 Å². The molecule has 0 atom stereocenters. The Labute approximate surface area is 145 Å². The lowest BCUT2D eigenvalue weighted by Gasteiger charge is -2.12. The Morgan fingerprint density at radius 1 is 0.920 bits per heavy atom. The van der Waals surface area contributed by atoms with Crippen molar-refractivity contribution in [3.05, 3.63) is 77.9 Å². The monoisotopic (exact) mass is 334 g/mol. The highest BCUT2D eigenvalue weighted by Crippen LogP contribution is 2.19. The fraction of sp³-hybridized carbons (Fsp3) is 0.100. The van der Waals surface area contributed by atoms with Gasteiger partial charge in [0.25, 0.3) is 0 Å². The van der Waals surface area contributed by atoms with Crippen LogP contribution in [0, 0.1) is 0 Å². The Kier molecular flexibility index (Phi) is 4.95. The number of carbonyl (C=O) groups excluding carboxylic acids is 2. The van der Waals surface area contributed by atoms with E-state index in [-0.39, 0.29) is 6.03 Å². The van der Waals surface area contributed by atoms with E-state index in [1.165, 1.54) is 7.11 Å². The van der Waals surface area contributed by atoms with Crippen molar-refractivity contribution in [1.82, 2.24) is 5.32 Å². The SMILES string of the molecule is COC(=O)c1ccccc1NC(=O)NCc1cccc2ccccc12. The summed E-state index contributed by atoms with van der Waals surface area (Å²) in [6.45, 7) is 0.383. The van der Waals surface area contributed by atoms with Gasteiger partial charge in [-0.25, -0.2) is 9.59 Å². The van der Waals surface area contributed by atoms with Crippen molar-refractivity contribution in [2.75, 3.05) is 12.4 Å². The molecular weight excluding hydrogens is 316 g/mol. The number of rotatable bonds is 4. The van der Waals surface area contributed by atoms with E-state index in [2.05, 4.69) is 10.6 Å². The van der Waals surface area contributed by atoms with E-state index in [1.54, 1.807) is 24.3 Å². The molecule has 2 N–H and O–H groups in total. The van der Waals surface area contributed by atoms with Crippen LogP contribution in [0.15, 0.2) is 66.7 Å². The molecule has 3 aromatic carbocycles. The summed E-state index contributed by atoms with van der Waals surface area (Å²) in [5.74, 6) is -0.495. The Hall–Kier alpha value is -3.34. The number of nitrogens with one attached hydrogen (secondary N) is 2. The summed E-state index contributed by atoms with van der Waals surface area (Å²) in [5.41, 5.74) is 1.74. The minimum atomic E-state index is -0.495. The van der Waals surface area contributed by atoms with Crippen LogP contribution in [-0.2, 0) is 11.3 Å². The highest BCUT2D eigenvalue weighted by molar-refractivity contribution is 6.00. The summed E-state index contributed by atoms with van der Waals surface area (Å²) in [7, 11) is 1.31. The van der Waals surface area contributed by atoms with Gasteiger partial charge in [-0.3, -0.25) is 0 Å². The van der Waals surface area contributed by atoms with Crippen LogP contribution >= 0.6 is 0 Å². The highest BCUT2D eigenvalue weighted by atomic mass is 16.5. The molecule has 0 saturated heterocycles. The fourth-order valence-electron chi connectivity index (χ4n) is 2.67. The van der Waals surface area contributed by atoms with Gasteiger partial charge in [-0.05, 0) is 28.5 Å². The Morgan fingerprint density at radius 3 is 2.48 bits per heavy atom. The van der Waals surface area contributed by atoms with Gasteiger partial charge in [0.2, 0.25) is 0 Å². The van der Waals surface area contributed by atoms with Crippen LogP contribution in [0.5, 0.6) is 0 Å².